The van der Waals surface area contributed by atoms with Crippen molar-refractivity contribution in [2.24, 2.45) is 0 Å². The highest BCUT2D eigenvalue weighted by Gasteiger charge is 2.25. The molecule has 0 spiro atoms. The number of aryl methyl sites for hydroxylation is 2. The summed E-state index contributed by atoms with van der Waals surface area (Å²) in [5.41, 5.74) is 11.8. The van der Waals surface area contributed by atoms with Crippen molar-refractivity contribution in [3.05, 3.63) is 71.0 Å². The van der Waals surface area contributed by atoms with Gasteiger partial charge in [-0.25, -0.2) is 0 Å². The lowest BCUT2D eigenvalue weighted by atomic mass is 9.82. The molecule has 0 N–H and O–H groups in total. The van der Waals surface area contributed by atoms with Crippen molar-refractivity contribution >= 4 is 33.0 Å². The smallest absolute Gasteiger partial charge is 0.0488 e. The van der Waals surface area contributed by atoms with Crippen LogP contribution in [0.3, 0.4) is 0 Å². The Hall–Kier alpha value is -2.74. The molecule has 0 fully saturated rings. The van der Waals surface area contributed by atoms with Crippen LogP contribution in [-0.4, -0.2) is 9.13 Å². The fourth-order valence-corrected chi connectivity index (χ4v) is 5.90. The minimum absolute atomic E-state index is 1.02. The van der Waals surface area contributed by atoms with Crippen LogP contribution in [0.4, 0.5) is 0 Å². The Morgan fingerprint density at radius 1 is 0.633 bits per heavy atom. The van der Waals surface area contributed by atoms with Gasteiger partial charge in [0, 0.05) is 57.4 Å². The first kappa shape index (κ1) is 19.2. The van der Waals surface area contributed by atoms with Gasteiger partial charge in [0.1, 0.15) is 0 Å². The number of hydrogen-bond acceptors (Lipinski definition) is 0. The van der Waals surface area contributed by atoms with Crippen LogP contribution in [0.5, 0.6) is 0 Å². The van der Waals surface area contributed by atoms with Crippen molar-refractivity contribution in [1.82, 2.24) is 9.13 Å². The molecule has 1 aliphatic rings. The number of benzene rings is 2. The van der Waals surface area contributed by atoms with Crippen LogP contribution in [-0.2, 0) is 13.1 Å². The molecule has 1 aliphatic carbocycles. The van der Waals surface area contributed by atoms with Crippen LogP contribution < -0.4 is 0 Å². The number of para-hydroxylation sites is 2. The maximum Gasteiger partial charge on any atom is 0.0488 e. The Kier molecular flexibility index (Phi) is 4.81. The van der Waals surface area contributed by atoms with Gasteiger partial charge in [0.25, 0.3) is 0 Å². The van der Waals surface area contributed by atoms with E-state index in [0.717, 1.165) is 13.1 Å². The lowest BCUT2D eigenvalue weighted by Gasteiger charge is -2.22. The van der Waals surface area contributed by atoms with Crippen molar-refractivity contribution in [2.45, 2.75) is 66.5 Å². The summed E-state index contributed by atoms with van der Waals surface area (Å²) in [4.78, 5) is 0. The molecular formula is C28H32N2. The summed E-state index contributed by atoms with van der Waals surface area (Å²) >= 11 is 0. The second-order valence-corrected chi connectivity index (χ2v) is 8.61. The molecule has 154 valence electrons. The first-order valence-corrected chi connectivity index (χ1v) is 11.6. The molecule has 0 bridgehead atoms. The standard InChI is InChI=1S/C28H32N2/c1-5-29-19(3)27(23-15-9-11-17-25(23)29)21-13-7-8-14-22(21)28-20(4)30(6-2)26-18-12-10-16-24(26)28/h9-12,15-18H,5-8,13-14H2,1-4H3. The SMILES string of the molecule is CCn1c(C)c(C2=C(c3c(C)n(CC)c4ccccc34)CCCC2)c2ccccc21. The fourth-order valence-electron chi connectivity index (χ4n) is 5.90. The number of fused-ring (bicyclic) bond motifs is 2. The van der Waals surface area contributed by atoms with E-state index in [1.54, 1.807) is 11.1 Å². The van der Waals surface area contributed by atoms with Crippen LogP contribution >= 0.6 is 0 Å². The third kappa shape index (κ3) is 2.70. The van der Waals surface area contributed by atoms with E-state index in [-0.39, 0.29) is 0 Å². The minimum Gasteiger partial charge on any atom is -0.345 e. The molecular weight excluding hydrogens is 364 g/mol. The Morgan fingerprint density at radius 2 is 1.03 bits per heavy atom. The average Bonchev–Trinajstić information content (AvgIpc) is 3.23. The van der Waals surface area contributed by atoms with E-state index in [0.29, 0.717) is 0 Å². The zero-order valence-electron chi connectivity index (χ0n) is 18.8. The largest absolute Gasteiger partial charge is 0.345 e. The molecule has 0 aliphatic heterocycles. The van der Waals surface area contributed by atoms with Crippen LogP contribution in [0, 0.1) is 13.8 Å². The third-order valence-corrected chi connectivity index (χ3v) is 7.17. The molecule has 0 atom stereocenters. The predicted octanol–water partition coefficient (Wildman–Crippen LogP) is 7.74. The Balaban J connectivity index is 1.87. The highest BCUT2D eigenvalue weighted by molar-refractivity contribution is 6.07. The van der Waals surface area contributed by atoms with Gasteiger partial charge in [0.05, 0.1) is 0 Å². The van der Waals surface area contributed by atoms with Gasteiger partial charge in [-0.1, -0.05) is 36.4 Å². The lowest BCUT2D eigenvalue weighted by molar-refractivity contribution is 0.742. The Bertz CT molecular complexity index is 1180. The zero-order valence-corrected chi connectivity index (χ0v) is 18.8. The molecule has 5 rings (SSSR count). The van der Waals surface area contributed by atoms with E-state index >= 15 is 0 Å². The van der Waals surface area contributed by atoms with E-state index in [2.05, 4.69) is 85.4 Å². The monoisotopic (exact) mass is 396 g/mol. The maximum absolute atomic E-state index is 2.49. The van der Waals surface area contributed by atoms with Crippen LogP contribution in [0.1, 0.15) is 62.0 Å². The van der Waals surface area contributed by atoms with Crippen molar-refractivity contribution < 1.29 is 0 Å². The predicted molar refractivity (Wildman–Crippen MR) is 130 cm³/mol. The number of aromatic nitrogens is 2. The molecule has 2 heteroatoms. The summed E-state index contributed by atoms with van der Waals surface area (Å²) in [6.07, 6.45) is 4.93. The molecule has 2 nitrogen and oxygen atoms in total. The van der Waals surface area contributed by atoms with Crippen LogP contribution in [0.15, 0.2) is 48.5 Å². The Labute approximate surface area is 179 Å². The normalized spacial score (nSPS) is 14.9. The van der Waals surface area contributed by atoms with Crippen molar-refractivity contribution in [3.63, 3.8) is 0 Å². The second kappa shape index (κ2) is 7.50. The van der Waals surface area contributed by atoms with Gasteiger partial charge in [-0.15, -0.1) is 0 Å². The van der Waals surface area contributed by atoms with Gasteiger partial charge in [-0.05, 0) is 76.7 Å². The number of allylic oxidation sites excluding steroid dienone is 2. The van der Waals surface area contributed by atoms with Crippen LogP contribution in [0.2, 0.25) is 0 Å². The highest BCUT2D eigenvalue weighted by atomic mass is 15.0. The summed E-state index contributed by atoms with van der Waals surface area (Å²) in [5, 5.41) is 2.84. The maximum atomic E-state index is 2.49. The van der Waals surface area contributed by atoms with Gasteiger partial charge in [0.2, 0.25) is 0 Å². The molecule has 2 aromatic heterocycles. The quantitative estimate of drug-likeness (QED) is 0.334. The van der Waals surface area contributed by atoms with Gasteiger partial charge in [0.15, 0.2) is 0 Å². The first-order chi connectivity index (χ1) is 14.7. The molecule has 0 radical (unpaired) electrons. The van der Waals surface area contributed by atoms with E-state index in [1.807, 2.05) is 0 Å². The van der Waals surface area contributed by atoms with E-state index in [9.17, 15) is 0 Å². The summed E-state index contributed by atoms with van der Waals surface area (Å²) in [6, 6.07) is 18.0. The van der Waals surface area contributed by atoms with Gasteiger partial charge in [-0.3, -0.25) is 0 Å². The summed E-state index contributed by atoms with van der Waals surface area (Å²) in [7, 11) is 0. The van der Waals surface area contributed by atoms with Crippen molar-refractivity contribution in [1.29, 1.82) is 0 Å². The summed E-state index contributed by atoms with van der Waals surface area (Å²) < 4.78 is 4.98. The second-order valence-electron chi connectivity index (χ2n) is 8.61. The zero-order chi connectivity index (χ0) is 20.8. The number of rotatable bonds is 4. The first-order valence-electron chi connectivity index (χ1n) is 11.6. The summed E-state index contributed by atoms with van der Waals surface area (Å²) in [6.45, 7) is 11.2. The van der Waals surface area contributed by atoms with Crippen molar-refractivity contribution in [2.75, 3.05) is 0 Å². The topological polar surface area (TPSA) is 9.86 Å². The molecule has 2 heterocycles. The fraction of sp³-hybridized carbons (Fsp3) is 0.357. The van der Waals surface area contributed by atoms with Crippen molar-refractivity contribution in [3.8, 4) is 0 Å². The number of nitrogens with zero attached hydrogens (tertiary/aromatic N) is 2. The van der Waals surface area contributed by atoms with Gasteiger partial charge < -0.3 is 9.13 Å². The van der Waals surface area contributed by atoms with E-state index in [1.165, 1.54) is 70.0 Å². The Morgan fingerprint density at radius 3 is 1.43 bits per heavy atom. The molecule has 4 aromatic rings. The molecule has 0 saturated carbocycles. The van der Waals surface area contributed by atoms with Gasteiger partial charge in [-0.2, -0.15) is 0 Å². The molecule has 2 aromatic carbocycles. The molecule has 0 unspecified atom stereocenters. The molecule has 30 heavy (non-hydrogen) atoms. The third-order valence-electron chi connectivity index (χ3n) is 7.17. The molecule has 0 amide bonds. The average molecular weight is 397 g/mol. The lowest BCUT2D eigenvalue weighted by Crippen LogP contribution is -2.04. The van der Waals surface area contributed by atoms with E-state index < -0.39 is 0 Å². The van der Waals surface area contributed by atoms with Crippen LogP contribution in [0.25, 0.3) is 33.0 Å². The van der Waals surface area contributed by atoms with Gasteiger partial charge >= 0.3 is 0 Å². The number of hydrogen-bond donors (Lipinski definition) is 0. The highest BCUT2D eigenvalue weighted by Crippen LogP contribution is 2.45. The minimum atomic E-state index is 1.02. The summed E-state index contributed by atoms with van der Waals surface area (Å²) in [5.74, 6) is 0. The molecule has 0 saturated heterocycles. The van der Waals surface area contributed by atoms with E-state index in [4.69, 9.17) is 0 Å².